The van der Waals surface area contributed by atoms with Gasteiger partial charge in [0.25, 0.3) is 0 Å². The van der Waals surface area contributed by atoms with Crippen molar-refractivity contribution in [1.29, 1.82) is 0 Å². The molecule has 2 amide bonds. The van der Waals surface area contributed by atoms with Crippen molar-refractivity contribution < 1.29 is 19.4 Å². The van der Waals surface area contributed by atoms with Crippen molar-refractivity contribution in [3.05, 3.63) is 0 Å². The first kappa shape index (κ1) is 18.7. The van der Waals surface area contributed by atoms with Gasteiger partial charge in [0.2, 0.25) is 0 Å². The number of aliphatic carboxylic acids is 1. The molecule has 0 unspecified atom stereocenters. The van der Waals surface area contributed by atoms with Crippen LogP contribution in [-0.4, -0.2) is 55.4 Å². The number of hydrogen-bond donors (Lipinski definition) is 2. The lowest BCUT2D eigenvalue weighted by Crippen LogP contribution is -2.46. The highest BCUT2D eigenvalue weighted by Crippen LogP contribution is 2.19. The van der Waals surface area contributed by atoms with E-state index in [1.807, 2.05) is 0 Å². The molecule has 0 aliphatic rings. The number of urea groups is 1. The highest BCUT2D eigenvalue weighted by Gasteiger charge is 2.21. The van der Waals surface area contributed by atoms with E-state index in [-0.39, 0.29) is 19.1 Å². The summed E-state index contributed by atoms with van der Waals surface area (Å²) >= 11 is 0. The molecule has 0 fully saturated rings. The second-order valence-electron chi connectivity index (χ2n) is 5.65. The van der Waals surface area contributed by atoms with E-state index in [0.717, 1.165) is 0 Å². The van der Waals surface area contributed by atoms with E-state index in [1.54, 1.807) is 0 Å². The predicted octanol–water partition coefficient (Wildman–Crippen LogP) is 1.66. The standard InChI is InChI=1S/C14H28N2O4/c1-10(2)12(11(3)4)8-15-14(19)16(6-7-20-5)9-13(17)18/h10-12H,6-9H2,1-5H3,(H,15,19)(H,17,18). The van der Waals surface area contributed by atoms with Gasteiger partial charge in [0.1, 0.15) is 6.54 Å². The van der Waals surface area contributed by atoms with Crippen LogP contribution in [0.2, 0.25) is 0 Å². The van der Waals surface area contributed by atoms with Crippen LogP contribution in [0, 0.1) is 17.8 Å². The summed E-state index contributed by atoms with van der Waals surface area (Å²) in [6.45, 7) is 9.31. The molecule has 0 rings (SSSR count). The molecule has 118 valence electrons. The van der Waals surface area contributed by atoms with Crippen molar-refractivity contribution in [3.63, 3.8) is 0 Å². The molecule has 0 atom stereocenters. The number of carbonyl (C=O) groups is 2. The number of hydrogen-bond acceptors (Lipinski definition) is 3. The van der Waals surface area contributed by atoms with E-state index >= 15 is 0 Å². The minimum absolute atomic E-state index is 0.267. The topological polar surface area (TPSA) is 78.9 Å². The van der Waals surface area contributed by atoms with Gasteiger partial charge in [-0.1, -0.05) is 27.7 Å². The number of carboxylic acids is 1. The molecule has 0 aliphatic carbocycles. The molecule has 0 bridgehead atoms. The first-order chi connectivity index (χ1) is 9.29. The molecule has 0 saturated carbocycles. The molecular formula is C14H28N2O4. The minimum atomic E-state index is -1.03. The van der Waals surface area contributed by atoms with E-state index in [9.17, 15) is 9.59 Å². The average Bonchev–Trinajstić information content (AvgIpc) is 2.33. The largest absolute Gasteiger partial charge is 0.480 e. The zero-order chi connectivity index (χ0) is 15.7. The number of methoxy groups -OCH3 is 1. The number of ether oxygens (including phenoxy) is 1. The van der Waals surface area contributed by atoms with Crippen LogP contribution in [-0.2, 0) is 9.53 Å². The molecule has 0 aromatic rings. The fourth-order valence-electron chi connectivity index (χ4n) is 2.18. The maximum absolute atomic E-state index is 12.0. The molecule has 0 saturated heterocycles. The van der Waals surface area contributed by atoms with Gasteiger partial charge in [-0.2, -0.15) is 0 Å². The molecule has 0 spiro atoms. The van der Waals surface area contributed by atoms with Gasteiger partial charge in [-0.3, -0.25) is 4.79 Å². The first-order valence-corrected chi connectivity index (χ1v) is 7.03. The smallest absolute Gasteiger partial charge is 0.323 e. The van der Waals surface area contributed by atoms with Crippen LogP contribution in [0.5, 0.6) is 0 Å². The summed E-state index contributed by atoms with van der Waals surface area (Å²) in [6, 6.07) is -0.351. The monoisotopic (exact) mass is 288 g/mol. The number of amides is 2. The van der Waals surface area contributed by atoms with Gasteiger partial charge in [0, 0.05) is 20.2 Å². The van der Waals surface area contributed by atoms with Crippen LogP contribution >= 0.6 is 0 Å². The molecule has 6 heteroatoms. The van der Waals surface area contributed by atoms with Crippen molar-refractivity contribution >= 4 is 12.0 Å². The van der Waals surface area contributed by atoms with E-state index in [4.69, 9.17) is 9.84 Å². The normalized spacial score (nSPS) is 11.2. The molecule has 0 aromatic carbocycles. The van der Waals surface area contributed by atoms with Gasteiger partial charge in [0.05, 0.1) is 6.61 Å². The van der Waals surface area contributed by atoms with Crippen molar-refractivity contribution in [3.8, 4) is 0 Å². The number of carbonyl (C=O) groups excluding carboxylic acids is 1. The third-order valence-corrected chi connectivity index (χ3v) is 3.38. The summed E-state index contributed by atoms with van der Waals surface area (Å²) in [6.07, 6.45) is 0. The quantitative estimate of drug-likeness (QED) is 0.676. The van der Waals surface area contributed by atoms with Gasteiger partial charge in [-0.15, -0.1) is 0 Å². The Labute approximate surface area is 121 Å². The lowest BCUT2D eigenvalue weighted by Gasteiger charge is -2.27. The highest BCUT2D eigenvalue weighted by molar-refractivity contribution is 5.80. The number of nitrogens with zero attached hydrogens (tertiary/aromatic N) is 1. The molecule has 2 N–H and O–H groups in total. The van der Waals surface area contributed by atoms with Crippen molar-refractivity contribution in [2.75, 3.05) is 33.4 Å². The average molecular weight is 288 g/mol. The third-order valence-electron chi connectivity index (χ3n) is 3.38. The maximum Gasteiger partial charge on any atom is 0.323 e. The Morgan fingerprint density at radius 3 is 2.15 bits per heavy atom. The molecule has 20 heavy (non-hydrogen) atoms. The molecule has 6 nitrogen and oxygen atoms in total. The Morgan fingerprint density at radius 1 is 1.20 bits per heavy atom. The van der Waals surface area contributed by atoms with Crippen LogP contribution in [0.1, 0.15) is 27.7 Å². The number of nitrogens with one attached hydrogen (secondary N) is 1. The summed E-state index contributed by atoms with van der Waals surface area (Å²) in [5.74, 6) is 0.262. The van der Waals surface area contributed by atoms with E-state index in [1.165, 1.54) is 12.0 Å². The predicted molar refractivity (Wildman–Crippen MR) is 77.6 cm³/mol. The van der Waals surface area contributed by atoms with Crippen LogP contribution in [0.15, 0.2) is 0 Å². The van der Waals surface area contributed by atoms with Crippen LogP contribution in [0.25, 0.3) is 0 Å². The first-order valence-electron chi connectivity index (χ1n) is 7.03. The van der Waals surface area contributed by atoms with Gasteiger partial charge in [-0.05, 0) is 17.8 Å². The third kappa shape index (κ3) is 7.33. The summed E-state index contributed by atoms with van der Waals surface area (Å²) in [5, 5.41) is 11.7. The van der Waals surface area contributed by atoms with Gasteiger partial charge < -0.3 is 20.1 Å². The number of rotatable bonds is 9. The van der Waals surface area contributed by atoms with E-state index in [2.05, 4.69) is 33.0 Å². The second-order valence-corrected chi connectivity index (χ2v) is 5.65. The molecule has 0 heterocycles. The Balaban J connectivity index is 4.46. The van der Waals surface area contributed by atoms with Crippen LogP contribution < -0.4 is 5.32 Å². The Kier molecular flexibility index (Phi) is 8.96. The van der Waals surface area contributed by atoms with Crippen LogP contribution in [0.3, 0.4) is 0 Å². The van der Waals surface area contributed by atoms with Gasteiger partial charge in [-0.25, -0.2) is 4.79 Å². The highest BCUT2D eigenvalue weighted by atomic mass is 16.5. The Morgan fingerprint density at radius 2 is 1.75 bits per heavy atom. The Bertz CT molecular complexity index is 298. The van der Waals surface area contributed by atoms with E-state index < -0.39 is 5.97 Å². The van der Waals surface area contributed by atoms with Crippen molar-refractivity contribution in [1.82, 2.24) is 10.2 Å². The Hall–Kier alpha value is -1.30. The molecular weight excluding hydrogens is 260 g/mol. The molecule has 0 radical (unpaired) electrons. The lowest BCUT2D eigenvalue weighted by molar-refractivity contribution is -0.137. The van der Waals surface area contributed by atoms with Gasteiger partial charge >= 0.3 is 12.0 Å². The summed E-state index contributed by atoms with van der Waals surface area (Å²) in [7, 11) is 1.52. The van der Waals surface area contributed by atoms with Crippen molar-refractivity contribution in [2.24, 2.45) is 17.8 Å². The van der Waals surface area contributed by atoms with E-state index in [0.29, 0.717) is 30.9 Å². The van der Waals surface area contributed by atoms with Crippen molar-refractivity contribution in [2.45, 2.75) is 27.7 Å². The lowest BCUT2D eigenvalue weighted by atomic mass is 9.85. The zero-order valence-corrected chi connectivity index (χ0v) is 13.2. The fourth-order valence-corrected chi connectivity index (χ4v) is 2.18. The molecule has 0 aromatic heterocycles. The van der Waals surface area contributed by atoms with Gasteiger partial charge in [0.15, 0.2) is 0 Å². The number of carboxylic acid groups (broad SMARTS) is 1. The fraction of sp³-hybridized carbons (Fsp3) is 0.857. The minimum Gasteiger partial charge on any atom is -0.480 e. The maximum atomic E-state index is 12.0. The summed E-state index contributed by atoms with van der Waals surface area (Å²) < 4.78 is 4.89. The molecule has 0 aliphatic heterocycles. The SMILES string of the molecule is COCCN(CC(=O)O)C(=O)NCC(C(C)C)C(C)C. The summed E-state index contributed by atoms with van der Waals surface area (Å²) in [4.78, 5) is 24.1. The zero-order valence-electron chi connectivity index (χ0n) is 13.2. The van der Waals surface area contributed by atoms with Crippen LogP contribution in [0.4, 0.5) is 4.79 Å². The summed E-state index contributed by atoms with van der Waals surface area (Å²) in [5.41, 5.74) is 0. The second kappa shape index (κ2) is 9.58.